The van der Waals surface area contributed by atoms with E-state index in [1.54, 1.807) is 0 Å². The minimum Gasteiger partial charge on any atom is -0.313 e. The molecule has 1 nitrogen and oxygen atoms in total. The molecule has 0 aliphatic rings. The molecule has 0 rings (SSSR count). The van der Waals surface area contributed by atoms with E-state index in [-0.39, 0.29) is 0 Å². The highest BCUT2D eigenvalue weighted by atomic mass is 32.1. The predicted molar refractivity (Wildman–Crippen MR) is 36.6 cm³/mol. The Kier molecular flexibility index (Phi) is 3.13. The molecule has 2 heteroatoms. The van der Waals surface area contributed by atoms with Crippen molar-refractivity contribution in [2.75, 3.05) is 7.05 Å². The lowest BCUT2D eigenvalue weighted by atomic mass is 10.3. The number of hydrogen-bond donors (Lipinski definition) is 2. The normalized spacial score (nSPS) is 13.6. The Morgan fingerprint density at radius 3 is 2.29 bits per heavy atom. The highest BCUT2D eigenvalue weighted by molar-refractivity contribution is 7.84. The number of nitrogens with one attached hydrogen (secondary N) is 1. The van der Waals surface area contributed by atoms with Crippen LogP contribution < -0.4 is 5.32 Å². The molecule has 1 atom stereocenters. The molecule has 0 aromatic rings. The molecule has 0 aromatic heterocycles. The van der Waals surface area contributed by atoms with Gasteiger partial charge in [0.25, 0.3) is 0 Å². The first-order valence-electron chi connectivity index (χ1n) is 2.23. The summed E-state index contributed by atoms with van der Waals surface area (Å²) in [7, 11) is 1.88. The van der Waals surface area contributed by atoms with Gasteiger partial charge < -0.3 is 5.32 Å². The summed E-state index contributed by atoms with van der Waals surface area (Å²) < 4.78 is 0. The van der Waals surface area contributed by atoms with Gasteiger partial charge in [-0.1, -0.05) is 6.58 Å². The van der Waals surface area contributed by atoms with Crippen molar-refractivity contribution < 1.29 is 0 Å². The van der Waals surface area contributed by atoms with Gasteiger partial charge in [-0.05, 0) is 18.9 Å². The Morgan fingerprint density at radius 1 is 1.86 bits per heavy atom. The number of thiol groups is 1. The average Bonchev–Trinajstić information content (AvgIpc) is 1.65. The van der Waals surface area contributed by atoms with E-state index in [2.05, 4.69) is 24.5 Å². The second-order valence-corrected chi connectivity index (χ2v) is 2.08. The maximum Gasteiger partial charge on any atom is 0.0340 e. The molecule has 0 bridgehead atoms. The molecule has 0 saturated carbocycles. The fourth-order valence-electron chi connectivity index (χ4n) is 0.167. The fraction of sp³-hybridized carbons (Fsp3) is 0.600. The predicted octanol–water partition coefficient (Wildman–Crippen LogP) is 1.04. The van der Waals surface area contributed by atoms with Gasteiger partial charge in [0.1, 0.15) is 0 Å². The molecule has 0 aliphatic heterocycles. The summed E-state index contributed by atoms with van der Waals surface area (Å²) in [6.45, 7) is 5.64. The summed E-state index contributed by atoms with van der Waals surface area (Å²) in [5.41, 5.74) is 0. The van der Waals surface area contributed by atoms with E-state index in [0.29, 0.717) is 6.04 Å². The van der Waals surface area contributed by atoms with Gasteiger partial charge in [-0.2, -0.15) is 0 Å². The van der Waals surface area contributed by atoms with Crippen molar-refractivity contribution in [3.63, 3.8) is 0 Å². The second kappa shape index (κ2) is 3.10. The molecule has 1 unspecified atom stereocenters. The third-order valence-electron chi connectivity index (χ3n) is 0.933. The van der Waals surface area contributed by atoms with Crippen molar-refractivity contribution in [1.82, 2.24) is 5.32 Å². The first-order valence-corrected chi connectivity index (χ1v) is 2.68. The lowest BCUT2D eigenvalue weighted by Crippen LogP contribution is -2.20. The first kappa shape index (κ1) is 7.05. The standard InChI is InChI=1S/C5H11NS/c1-4(6-3)5(2)7/h4,6-7H,2H2,1,3H3. The molecule has 0 aromatic carbocycles. The van der Waals surface area contributed by atoms with Crippen LogP contribution in [-0.2, 0) is 0 Å². The lowest BCUT2D eigenvalue weighted by Gasteiger charge is -2.05. The van der Waals surface area contributed by atoms with Crippen LogP contribution in [0.5, 0.6) is 0 Å². The molecule has 0 aliphatic carbocycles. The van der Waals surface area contributed by atoms with Crippen LogP contribution in [0.1, 0.15) is 6.92 Å². The summed E-state index contributed by atoms with van der Waals surface area (Å²) in [6.07, 6.45) is 0. The van der Waals surface area contributed by atoms with E-state index in [4.69, 9.17) is 0 Å². The maximum absolute atomic E-state index is 4.02. The summed E-state index contributed by atoms with van der Waals surface area (Å²) >= 11 is 4.02. The van der Waals surface area contributed by atoms with Crippen LogP contribution in [0, 0.1) is 0 Å². The molecule has 0 heterocycles. The van der Waals surface area contributed by atoms with Gasteiger partial charge in [-0.15, -0.1) is 12.6 Å². The maximum atomic E-state index is 4.02. The van der Waals surface area contributed by atoms with E-state index in [9.17, 15) is 0 Å². The van der Waals surface area contributed by atoms with Crippen LogP contribution in [0.25, 0.3) is 0 Å². The third kappa shape index (κ3) is 2.71. The monoisotopic (exact) mass is 117 g/mol. The van der Waals surface area contributed by atoms with Gasteiger partial charge in [0.2, 0.25) is 0 Å². The van der Waals surface area contributed by atoms with Crippen LogP contribution in [0.3, 0.4) is 0 Å². The van der Waals surface area contributed by atoms with Crippen LogP contribution in [-0.4, -0.2) is 13.1 Å². The SMILES string of the molecule is C=C(S)C(C)NC. The smallest absolute Gasteiger partial charge is 0.0340 e. The van der Waals surface area contributed by atoms with Gasteiger partial charge >= 0.3 is 0 Å². The van der Waals surface area contributed by atoms with Gasteiger partial charge in [0.15, 0.2) is 0 Å². The molecule has 0 amide bonds. The lowest BCUT2D eigenvalue weighted by molar-refractivity contribution is 0.722. The van der Waals surface area contributed by atoms with Crippen LogP contribution in [0.2, 0.25) is 0 Å². The molecule has 7 heavy (non-hydrogen) atoms. The van der Waals surface area contributed by atoms with Crippen molar-refractivity contribution in [1.29, 1.82) is 0 Å². The van der Waals surface area contributed by atoms with E-state index in [0.717, 1.165) is 4.91 Å². The number of hydrogen-bond acceptors (Lipinski definition) is 2. The summed E-state index contributed by atoms with van der Waals surface area (Å²) in [5.74, 6) is 0. The average molecular weight is 117 g/mol. The van der Waals surface area contributed by atoms with Crippen molar-refractivity contribution in [3.8, 4) is 0 Å². The van der Waals surface area contributed by atoms with E-state index < -0.39 is 0 Å². The zero-order valence-corrected chi connectivity index (χ0v) is 5.63. The molecular formula is C5H11NS. The molecule has 0 radical (unpaired) electrons. The van der Waals surface area contributed by atoms with E-state index in [1.807, 2.05) is 14.0 Å². The minimum absolute atomic E-state index is 0.323. The zero-order valence-electron chi connectivity index (χ0n) is 4.73. The van der Waals surface area contributed by atoms with E-state index in [1.165, 1.54) is 0 Å². The fourth-order valence-corrected chi connectivity index (χ4v) is 0.296. The second-order valence-electron chi connectivity index (χ2n) is 1.50. The first-order chi connectivity index (χ1) is 3.18. The number of likely N-dealkylation sites (N-methyl/N-ethyl adjacent to an activating group) is 1. The van der Waals surface area contributed by atoms with E-state index >= 15 is 0 Å². The van der Waals surface area contributed by atoms with Gasteiger partial charge in [0, 0.05) is 6.04 Å². The highest BCUT2D eigenvalue weighted by Crippen LogP contribution is 2.00. The van der Waals surface area contributed by atoms with Gasteiger partial charge in [-0.3, -0.25) is 0 Å². The van der Waals surface area contributed by atoms with Crippen LogP contribution in [0.15, 0.2) is 11.5 Å². The Labute approximate surface area is 50.2 Å². The molecular weight excluding hydrogens is 106 g/mol. The Morgan fingerprint density at radius 2 is 2.29 bits per heavy atom. The Balaban J connectivity index is 3.34. The summed E-state index contributed by atoms with van der Waals surface area (Å²) in [6, 6.07) is 0.323. The quantitative estimate of drug-likeness (QED) is 0.515. The van der Waals surface area contributed by atoms with Crippen molar-refractivity contribution >= 4 is 12.6 Å². The van der Waals surface area contributed by atoms with Crippen molar-refractivity contribution in [2.45, 2.75) is 13.0 Å². The molecule has 42 valence electrons. The van der Waals surface area contributed by atoms with Crippen molar-refractivity contribution in [3.05, 3.63) is 11.5 Å². The Hall–Kier alpha value is 0.0500. The van der Waals surface area contributed by atoms with Crippen LogP contribution in [0.4, 0.5) is 0 Å². The largest absolute Gasteiger partial charge is 0.313 e. The van der Waals surface area contributed by atoms with Gasteiger partial charge in [-0.25, -0.2) is 0 Å². The summed E-state index contributed by atoms with van der Waals surface area (Å²) in [4.78, 5) is 0.877. The molecule has 0 spiro atoms. The minimum atomic E-state index is 0.323. The zero-order chi connectivity index (χ0) is 5.86. The Bertz CT molecular complexity index is 70.5. The number of rotatable bonds is 2. The molecule has 0 saturated heterocycles. The van der Waals surface area contributed by atoms with Gasteiger partial charge in [0.05, 0.1) is 0 Å². The molecule has 1 N–H and O–H groups in total. The third-order valence-corrected chi connectivity index (χ3v) is 1.32. The van der Waals surface area contributed by atoms with Crippen LogP contribution >= 0.6 is 12.6 Å². The molecule has 0 fully saturated rings. The summed E-state index contributed by atoms with van der Waals surface area (Å²) in [5, 5.41) is 2.99. The highest BCUT2D eigenvalue weighted by Gasteiger charge is 1.94. The topological polar surface area (TPSA) is 12.0 Å². The van der Waals surface area contributed by atoms with Crippen molar-refractivity contribution in [2.24, 2.45) is 0 Å².